The van der Waals surface area contributed by atoms with Crippen molar-refractivity contribution in [2.24, 2.45) is 0 Å². The summed E-state index contributed by atoms with van der Waals surface area (Å²) in [4.78, 5) is 19.1. The van der Waals surface area contributed by atoms with E-state index in [-0.39, 0.29) is 11.9 Å². The third-order valence-electron chi connectivity index (χ3n) is 3.24. The maximum atomic E-state index is 12.8. The molecule has 1 aromatic rings. The standard InChI is InChI=1S/C11H12FNO2.C4H4O4/c12-9-3-1-8(2-4-9)11-7-13-5-10(15-11)6-14-11;5-3(6)1-2-4(7)8/h1-4,10,13H,5-7H2;1-2H,(H,5,6)(H,7,8). The van der Waals surface area contributed by atoms with E-state index < -0.39 is 17.7 Å². The summed E-state index contributed by atoms with van der Waals surface area (Å²) in [5.74, 6) is -3.45. The van der Waals surface area contributed by atoms with Crippen LogP contribution in [0.1, 0.15) is 5.56 Å². The quantitative estimate of drug-likeness (QED) is 0.703. The number of aliphatic carboxylic acids is 2. The summed E-state index contributed by atoms with van der Waals surface area (Å²) in [6, 6.07) is 6.28. The average molecular weight is 325 g/mol. The van der Waals surface area contributed by atoms with Crippen LogP contribution in [0.15, 0.2) is 36.4 Å². The molecule has 0 spiro atoms. The van der Waals surface area contributed by atoms with Crippen LogP contribution >= 0.6 is 0 Å². The van der Waals surface area contributed by atoms with Crippen LogP contribution in [0.3, 0.4) is 0 Å². The second kappa shape index (κ2) is 7.32. The molecular formula is C15H16FNO6. The monoisotopic (exact) mass is 325 g/mol. The first kappa shape index (κ1) is 17.1. The maximum absolute atomic E-state index is 12.8. The van der Waals surface area contributed by atoms with Crippen molar-refractivity contribution in [3.05, 3.63) is 47.8 Å². The van der Waals surface area contributed by atoms with Gasteiger partial charge in [-0.3, -0.25) is 0 Å². The summed E-state index contributed by atoms with van der Waals surface area (Å²) < 4.78 is 24.3. The Morgan fingerprint density at radius 1 is 1.22 bits per heavy atom. The molecule has 1 aromatic carbocycles. The number of benzene rings is 1. The van der Waals surface area contributed by atoms with Crippen LogP contribution in [0, 0.1) is 5.82 Å². The highest BCUT2D eigenvalue weighted by atomic mass is 19.1. The first-order valence-corrected chi connectivity index (χ1v) is 6.84. The Kier molecular flexibility index (Phi) is 5.43. The zero-order valence-corrected chi connectivity index (χ0v) is 12.1. The van der Waals surface area contributed by atoms with Crippen molar-refractivity contribution < 1.29 is 33.7 Å². The minimum absolute atomic E-state index is 0.115. The lowest BCUT2D eigenvalue weighted by Crippen LogP contribution is -2.46. The second-order valence-electron chi connectivity index (χ2n) is 4.95. The minimum Gasteiger partial charge on any atom is -0.478 e. The smallest absolute Gasteiger partial charge is 0.328 e. The molecule has 7 nitrogen and oxygen atoms in total. The number of nitrogens with one attached hydrogen (secondary N) is 1. The summed E-state index contributed by atoms with van der Waals surface area (Å²) in [6.07, 6.45) is 1.23. The molecule has 2 saturated heterocycles. The fourth-order valence-electron chi connectivity index (χ4n) is 2.26. The van der Waals surface area contributed by atoms with Crippen molar-refractivity contribution in [3.8, 4) is 0 Å². The van der Waals surface area contributed by atoms with Crippen molar-refractivity contribution in [3.63, 3.8) is 0 Å². The lowest BCUT2D eigenvalue weighted by Gasteiger charge is -2.32. The van der Waals surface area contributed by atoms with Crippen LogP contribution in [-0.2, 0) is 24.8 Å². The molecule has 0 radical (unpaired) electrons. The molecule has 2 atom stereocenters. The molecule has 0 saturated carbocycles. The maximum Gasteiger partial charge on any atom is 0.328 e. The molecule has 2 heterocycles. The SMILES string of the molecule is Fc1ccc(C23CNCC(CO2)O3)cc1.O=C(O)C=CC(=O)O. The molecule has 0 aliphatic carbocycles. The summed E-state index contributed by atoms with van der Waals surface area (Å²) in [6.45, 7) is 2.04. The zero-order chi connectivity index (χ0) is 16.9. The molecule has 0 amide bonds. The molecule has 3 N–H and O–H groups in total. The first-order chi connectivity index (χ1) is 10.9. The van der Waals surface area contributed by atoms with E-state index in [0.29, 0.717) is 25.3 Å². The largest absolute Gasteiger partial charge is 0.478 e. The highest BCUT2D eigenvalue weighted by molar-refractivity contribution is 5.89. The van der Waals surface area contributed by atoms with Gasteiger partial charge in [0.1, 0.15) is 5.82 Å². The van der Waals surface area contributed by atoms with Gasteiger partial charge in [-0.25, -0.2) is 14.0 Å². The fourth-order valence-corrected chi connectivity index (χ4v) is 2.26. The molecule has 3 rings (SSSR count). The molecule has 2 bridgehead atoms. The van der Waals surface area contributed by atoms with E-state index in [2.05, 4.69) is 5.32 Å². The van der Waals surface area contributed by atoms with E-state index >= 15 is 0 Å². The van der Waals surface area contributed by atoms with Crippen molar-refractivity contribution in [2.45, 2.75) is 11.9 Å². The van der Waals surface area contributed by atoms with Gasteiger partial charge in [0.15, 0.2) is 0 Å². The van der Waals surface area contributed by atoms with Gasteiger partial charge in [-0.05, 0) is 12.1 Å². The van der Waals surface area contributed by atoms with Crippen LogP contribution in [0.4, 0.5) is 4.39 Å². The van der Waals surface area contributed by atoms with E-state index in [9.17, 15) is 14.0 Å². The normalized spacial score (nSPS) is 25.7. The Balaban J connectivity index is 0.000000207. The van der Waals surface area contributed by atoms with Crippen LogP contribution in [0.2, 0.25) is 0 Å². The van der Waals surface area contributed by atoms with Gasteiger partial charge in [-0.1, -0.05) is 12.1 Å². The number of carboxylic acid groups (broad SMARTS) is 2. The summed E-state index contributed by atoms with van der Waals surface area (Å²) in [5, 5.41) is 18.9. The third kappa shape index (κ3) is 4.59. The molecule has 0 aromatic heterocycles. The Bertz CT molecular complexity index is 582. The fraction of sp³-hybridized carbons (Fsp3) is 0.333. The highest BCUT2D eigenvalue weighted by Crippen LogP contribution is 2.35. The van der Waals surface area contributed by atoms with E-state index in [1.807, 2.05) is 0 Å². The van der Waals surface area contributed by atoms with Gasteiger partial charge in [-0.15, -0.1) is 0 Å². The van der Waals surface area contributed by atoms with E-state index in [0.717, 1.165) is 12.1 Å². The molecule has 23 heavy (non-hydrogen) atoms. The van der Waals surface area contributed by atoms with Gasteiger partial charge in [0.25, 0.3) is 0 Å². The topological polar surface area (TPSA) is 105 Å². The number of fused-ring (bicyclic) bond motifs is 2. The summed E-state index contributed by atoms with van der Waals surface area (Å²) in [7, 11) is 0. The predicted molar refractivity (Wildman–Crippen MR) is 76.2 cm³/mol. The van der Waals surface area contributed by atoms with Gasteiger partial charge >= 0.3 is 11.9 Å². The number of carbonyl (C=O) groups is 2. The number of hydrogen-bond acceptors (Lipinski definition) is 5. The van der Waals surface area contributed by atoms with Crippen LogP contribution in [-0.4, -0.2) is 48.0 Å². The number of rotatable bonds is 3. The number of hydrogen-bond donors (Lipinski definition) is 3. The minimum atomic E-state index is -1.26. The molecule has 2 fully saturated rings. The van der Waals surface area contributed by atoms with E-state index in [1.54, 1.807) is 12.1 Å². The van der Waals surface area contributed by atoms with Crippen LogP contribution < -0.4 is 5.32 Å². The lowest BCUT2D eigenvalue weighted by atomic mass is 10.0. The molecular weight excluding hydrogens is 309 g/mol. The van der Waals surface area contributed by atoms with Gasteiger partial charge in [-0.2, -0.15) is 0 Å². The molecule has 8 heteroatoms. The average Bonchev–Trinajstić information content (AvgIpc) is 2.82. The number of ether oxygens (including phenoxy) is 2. The molecule has 2 aliphatic heterocycles. The summed E-state index contributed by atoms with van der Waals surface area (Å²) in [5.41, 5.74) is 0.874. The van der Waals surface area contributed by atoms with E-state index in [4.69, 9.17) is 19.7 Å². The van der Waals surface area contributed by atoms with Gasteiger partial charge in [0, 0.05) is 24.3 Å². The van der Waals surface area contributed by atoms with Crippen LogP contribution in [0.25, 0.3) is 0 Å². The Labute approximate surface area is 131 Å². The first-order valence-electron chi connectivity index (χ1n) is 6.84. The van der Waals surface area contributed by atoms with E-state index in [1.165, 1.54) is 12.1 Å². The Morgan fingerprint density at radius 3 is 2.39 bits per heavy atom. The summed E-state index contributed by atoms with van der Waals surface area (Å²) >= 11 is 0. The van der Waals surface area contributed by atoms with Crippen molar-refractivity contribution >= 4 is 11.9 Å². The number of carboxylic acids is 2. The molecule has 2 unspecified atom stereocenters. The molecule has 2 aliphatic rings. The highest BCUT2D eigenvalue weighted by Gasteiger charge is 2.45. The van der Waals surface area contributed by atoms with Crippen molar-refractivity contribution in [1.29, 1.82) is 0 Å². The lowest BCUT2D eigenvalue weighted by molar-refractivity contribution is -0.186. The van der Waals surface area contributed by atoms with Crippen molar-refractivity contribution in [1.82, 2.24) is 5.32 Å². The zero-order valence-electron chi connectivity index (χ0n) is 12.1. The number of morpholine rings is 1. The second-order valence-corrected chi connectivity index (χ2v) is 4.95. The van der Waals surface area contributed by atoms with Crippen LogP contribution in [0.5, 0.6) is 0 Å². The van der Waals surface area contributed by atoms with Gasteiger partial charge in [0.05, 0.1) is 19.3 Å². The Morgan fingerprint density at radius 2 is 1.83 bits per heavy atom. The predicted octanol–water partition coefficient (Wildman–Crippen LogP) is 0.709. The molecule has 124 valence electrons. The number of halogens is 1. The van der Waals surface area contributed by atoms with Crippen molar-refractivity contribution in [2.75, 3.05) is 19.7 Å². The van der Waals surface area contributed by atoms with Gasteiger partial charge < -0.3 is 25.0 Å². The van der Waals surface area contributed by atoms with Gasteiger partial charge in [0.2, 0.25) is 5.79 Å². The Hall–Kier alpha value is -2.29. The third-order valence-corrected chi connectivity index (χ3v) is 3.24.